The molecule has 1 aromatic carbocycles. The molecule has 0 saturated carbocycles. The highest BCUT2D eigenvalue weighted by atomic mass is 16.4. The SMILES string of the molecule is CC(C)CN1C=C2CC(=O)C(O)C=C2C(c2ccccc2)=C1N(C)C(=O)O. The standard InChI is InChI=1S/C21H24N2O4/c1-13(2)11-23-12-15-9-17(24)18(25)10-16(15)19(14-7-5-4-6-8-14)20(23)22(3)21(26)27/h4-8,10,12-13,18,25H,9,11H2,1-3H3,(H,26,27). The molecule has 6 heteroatoms. The molecule has 1 aromatic rings. The Morgan fingerprint density at radius 2 is 1.96 bits per heavy atom. The minimum absolute atomic E-state index is 0.127. The second kappa shape index (κ2) is 7.40. The van der Waals surface area contributed by atoms with Gasteiger partial charge in [0.15, 0.2) is 5.78 Å². The number of carbonyl (C=O) groups is 2. The number of amides is 1. The number of benzene rings is 1. The summed E-state index contributed by atoms with van der Waals surface area (Å²) < 4.78 is 0. The van der Waals surface area contributed by atoms with E-state index in [1.807, 2.05) is 41.4 Å². The van der Waals surface area contributed by atoms with E-state index in [4.69, 9.17) is 0 Å². The van der Waals surface area contributed by atoms with Crippen molar-refractivity contribution >= 4 is 17.4 Å². The van der Waals surface area contributed by atoms with Crippen molar-refractivity contribution in [2.45, 2.75) is 26.4 Å². The van der Waals surface area contributed by atoms with Crippen molar-refractivity contribution in [3.8, 4) is 0 Å². The third-order valence-corrected chi connectivity index (χ3v) is 4.67. The second-order valence-electron chi connectivity index (χ2n) is 7.28. The maximum Gasteiger partial charge on any atom is 0.412 e. The molecule has 0 saturated heterocycles. The van der Waals surface area contributed by atoms with E-state index in [0.717, 1.165) is 16.7 Å². The number of Topliss-reactive ketones (excluding diaryl/α,β-unsaturated/α-hetero) is 1. The van der Waals surface area contributed by atoms with Crippen LogP contribution in [0.5, 0.6) is 0 Å². The van der Waals surface area contributed by atoms with Crippen LogP contribution >= 0.6 is 0 Å². The van der Waals surface area contributed by atoms with Crippen molar-refractivity contribution in [2.75, 3.05) is 13.6 Å². The molecule has 1 atom stereocenters. The second-order valence-corrected chi connectivity index (χ2v) is 7.28. The van der Waals surface area contributed by atoms with Gasteiger partial charge in [-0.2, -0.15) is 0 Å². The molecule has 3 rings (SSSR count). The van der Waals surface area contributed by atoms with Crippen molar-refractivity contribution in [3.63, 3.8) is 0 Å². The predicted molar refractivity (Wildman–Crippen MR) is 102 cm³/mol. The van der Waals surface area contributed by atoms with E-state index < -0.39 is 12.2 Å². The highest BCUT2D eigenvalue weighted by Crippen LogP contribution is 2.42. The topological polar surface area (TPSA) is 81.1 Å². The van der Waals surface area contributed by atoms with Crippen molar-refractivity contribution in [3.05, 3.63) is 65.1 Å². The zero-order valence-electron chi connectivity index (χ0n) is 15.7. The first-order valence-corrected chi connectivity index (χ1v) is 8.96. The Bertz CT molecular complexity index is 852. The molecule has 27 heavy (non-hydrogen) atoms. The fraction of sp³-hybridized carbons (Fsp3) is 0.333. The number of allylic oxidation sites excluding steroid dienone is 3. The summed E-state index contributed by atoms with van der Waals surface area (Å²) in [6, 6.07) is 9.48. The zero-order chi connectivity index (χ0) is 19.7. The third-order valence-electron chi connectivity index (χ3n) is 4.67. The number of nitrogens with zero attached hydrogens (tertiary/aromatic N) is 2. The molecule has 0 fully saturated rings. The lowest BCUT2D eigenvalue weighted by molar-refractivity contribution is -0.124. The van der Waals surface area contributed by atoms with E-state index in [-0.39, 0.29) is 18.1 Å². The van der Waals surface area contributed by atoms with Crippen LogP contribution in [-0.2, 0) is 4.79 Å². The number of fused-ring (bicyclic) bond motifs is 1. The molecule has 1 aliphatic carbocycles. The molecule has 2 N–H and O–H groups in total. The highest BCUT2D eigenvalue weighted by molar-refractivity contribution is 5.97. The molecular weight excluding hydrogens is 344 g/mol. The normalized spacial score (nSPS) is 19.7. The highest BCUT2D eigenvalue weighted by Gasteiger charge is 2.35. The van der Waals surface area contributed by atoms with E-state index in [9.17, 15) is 19.8 Å². The first-order valence-electron chi connectivity index (χ1n) is 8.96. The summed E-state index contributed by atoms with van der Waals surface area (Å²) in [6.45, 7) is 4.72. The molecule has 0 spiro atoms. The van der Waals surface area contributed by atoms with Gasteiger partial charge in [-0.15, -0.1) is 0 Å². The molecule has 1 aliphatic heterocycles. The summed E-state index contributed by atoms with van der Waals surface area (Å²) in [7, 11) is 1.51. The predicted octanol–water partition coefficient (Wildman–Crippen LogP) is 3.08. The van der Waals surface area contributed by atoms with Gasteiger partial charge in [-0.05, 0) is 28.7 Å². The number of carboxylic acid groups (broad SMARTS) is 1. The Hall–Kier alpha value is -2.86. The third kappa shape index (κ3) is 3.66. The summed E-state index contributed by atoms with van der Waals surface area (Å²) in [5.74, 6) is 0.558. The average Bonchev–Trinajstić information content (AvgIpc) is 2.61. The number of carbonyl (C=O) groups excluding carboxylic acids is 1. The summed E-state index contributed by atoms with van der Waals surface area (Å²) in [4.78, 5) is 27.0. The van der Waals surface area contributed by atoms with Crippen molar-refractivity contribution in [1.82, 2.24) is 9.80 Å². The number of aliphatic hydroxyl groups is 1. The van der Waals surface area contributed by atoms with E-state index in [0.29, 0.717) is 17.9 Å². The minimum atomic E-state index is -1.18. The van der Waals surface area contributed by atoms with Gasteiger partial charge in [0.1, 0.15) is 11.9 Å². The quantitative estimate of drug-likeness (QED) is 0.854. The van der Waals surface area contributed by atoms with E-state index in [1.54, 1.807) is 0 Å². The van der Waals surface area contributed by atoms with Crippen molar-refractivity contribution < 1.29 is 19.8 Å². The van der Waals surface area contributed by atoms with E-state index in [2.05, 4.69) is 13.8 Å². The van der Waals surface area contributed by atoms with Crippen LogP contribution in [-0.4, -0.2) is 51.6 Å². The van der Waals surface area contributed by atoms with Gasteiger partial charge in [0.25, 0.3) is 0 Å². The summed E-state index contributed by atoms with van der Waals surface area (Å²) in [5, 5.41) is 19.8. The summed E-state index contributed by atoms with van der Waals surface area (Å²) in [6.07, 6.45) is 1.25. The number of rotatable bonds is 4. The maximum absolute atomic E-state index is 12.1. The lowest BCUT2D eigenvalue weighted by Gasteiger charge is -2.38. The first kappa shape index (κ1) is 18.9. The monoisotopic (exact) mass is 368 g/mol. The van der Waals surface area contributed by atoms with Gasteiger partial charge in [-0.25, -0.2) is 4.79 Å². The molecule has 0 radical (unpaired) electrons. The first-order chi connectivity index (χ1) is 12.8. The minimum Gasteiger partial charge on any atom is -0.465 e. The Morgan fingerprint density at radius 3 is 2.56 bits per heavy atom. The largest absolute Gasteiger partial charge is 0.465 e. The van der Waals surface area contributed by atoms with Crippen LogP contribution in [0.3, 0.4) is 0 Å². The van der Waals surface area contributed by atoms with E-state index >= 15 is 0 Å². The molecule has 2 aliphatic rings. The Kier molecular flexibility index (Phi) is 5.19. The maximum atomic E-state index is 12.1. The number of aliphatic hydroxyl groups excluding tert-OH is 1. The van der Waals surface area contributed by atoms with Gasteiger partial charge in [0.05, 0.1) is 0 Å². The molecule has 6 nitrogen and oxygen atoms in total. The molecular formula is C21H24N2O4. The van der Waals surface area contributed by atoms with Crippen LogP contribution in [0.25, 0.3) is 5.57 Å². The Morgan fingerprint density at radius 1 is 1.30 bits per heavy atom. The molecule has 1 amide bonds. The summed E-state index contributed by atoms with van der Waals surface area (Å²) in [5.41, 5.74) is 3.07. The zero-order valence-corrected chi connectivity index (χ0v) is 15.7. The molecule has 1 unspecified atom stereocenters. The van der Waals surface area contributed by atoms with Gasteiger partial charge in [0, 0.05) is 31.8 Å². The smallest absolute Gasteiger partial charge is 0.412 e. The van der Waals surface area contributed by atoms with Crippen LogP contribution in [0.1, 0.15) is 25.8 Å². The molecule has 0 bridgehead atoms. The molecule has 0 aromatic heterocycles. The lowest BCUT2D eigenvalue weighted by Crippen LogP contribution is -2.39. The number of hydrogen-bond donors (Lipinski definition) is 2. The fourth-order valence-corrected chi connectivity index (χ4v) is 3.49. The lowest BCUT2D eigenvalue weighted by atomic mass is 9.82. The van der Waals surface area contributed by atoms with Gasteiger partial charge in [-0.1, -0.05) is 44.2 Å². The number of ketones is 1. The Labute approximate surface area is 158 Å². The van der Waals surface area contributed by atoms with Gasteiger partial charge in [-0.3, -0.25) is 9.69 Å². The summed E-state index contributed by atoms with van der Waals surface area (Å²) >= 11 is 0. The Balaban J connectivity index is 2.28. The van der Waals surface area contributed by atoms with Crippen LogP contribution in [0.4, 0.5) is 4.79 Å². The van der Waals surface area contributed by atoms with Crippen LogP contribution in [0.2, 0.25) is 0 Å². The number of hydrogen-bond acceptors (Lipinski definition) is 4. The molecule has 1 heterocycles. The van der Waals surface area contributed by atoms with Gasteiger partial charge < -0.3 is 15.1 Å². The fourth-order valence-electron chi connectivity index (χ4n) is 3.49. The van der Waals surface area contributed by atoms with Crippen LogP contribution in [0.15, 0.2) is 59.6 Å². The van der Waals surface area contributed by atoms with Gasteiger partial charge in [0.2, 0.25) is 0 Å². The van der Waals surface area contributed by atoms with E-state index in [1.165, 1.54) is 18.0 Å². The van der Waals surface area contributed by atoms with Crippen molar-refractivity contribution in [1.29, 1.82) is 0 Å². The van der Waals surface area contributed by atoms with Crippen molar-refractivity contribution in [2.24, 2.45) is 5.92 Å². The van der Waals surface area contributed by atoms with Crippen LogP contribution in [0, 0.1) is 5.92 Å². The van der Waals surface area contributed by atoms with Crippen LogP contribution < -0.4 is 0 Å². The average molecular weight is 368 g/mol. The van der Waals surface area contributed by atoms with Gasteiger partial charge >= 0.3 is 6.09 Å². The molecule has 142 valence electrons.